The van der Waals surface area contributed by atoms with Gasteiger partial charge in [-0.15, -0.1) is 0 Å². The molecule has 1 amide bonds. The Morgan fingerprint density at radius 2 is 1.74 bits per heavy atom. The Balaban J connectivity index is 1.86. The quantitative estimate of drug-likeness (QED) is 0.259. The maximum Gasteiger partial charge on any atom is 0.308 e. The van der Waals surface area contributed by atoms with Crippen LogP contribution in [-0.2, 0) is 23.7 Å². The van der Waals surface area contributed by atoms with Crippen LogP contribution >= 0.6 is 0 Å². The molecule has 0 saturated heterocycles. The van der Waals surface area contributed by atoms with Crippen LogP contribution in [0.2, 0.25) is 0 Å². The molecule has 0 aliphatic heterocycles. The largest absolute Gasteiger partial charge is 0.493 e. The van der Waals surface area contributed by atoms with E-state index in [1.807, 2.05) is 0 Å². The van der Waals surface area contributed by atoms with Gasteiger partial charge in [0.25, 0.3) is 5.91 Å². The lowest BCUT2D eigenvalue weighted by Gasteiger charge is -2.08. The third kappa shape index (κ3) is 11.7. The number of carbonyl (C=O) groups is 2. The van der Waals surface area contributed by atoms with Crippen LogP contribution in [0, 0.1) is 0 Å². The van der Waals surface area contributed by atoms with Gasteiger partial charge in [-0.05, 0) is 6.07 Å². The van der Waals surface area contributed by atoms with E-state index in [0.717, 1.165) is 0 Å². The van der Waals surface area contributed by atoms with E-state index in [0.29, 0.717) is 45.1 Å². The Hall–Kier alpha value is -2.49. The smallest absolute Gasteiger partial charge is 0.308 e. The summed E-state index contributed by atoms with van der Waals surface area (Å²) < 4.78 is 20.7. The number of rotatable bonds is 15. The lowest BCUT2D eigenvalue weighted by atomic mass is 10.2. The molecular weight excluding hydrogens is 356 g/mol. The highest BCUT2D eigenvalue weighted by atomic mass is 16.5. The van der Waals surface area contributed by atoms with Gasteiger partial charge in [0, 0.05) is 18.8 Å². The van der Waals surface area contributed by atoms with Gasteiger partial charge in [-0.25, -0.2) is 4.98 Å². The average Bonchev–Trinajstić information content (AvgIpc) is 2.67. The van der Waals surface area contributed by atoms with Gasteiger partial charge in [-0.3, -0.25) is 9.59 Å². The molecule has 1 rings (SSSR count). The summed E-state index contributed by atoms with van der Waals surface area (Å²) >= 11 is 0. The zero-order chi connectivity index (χ0) is 19.7. The number of nitrogens with one attached hydrogen (secondary N) is 1. The number of hydrogen-bond acceptors (Lipinski definition) is 8. The van der Waals surface area contributed by atoms with Gasteiger partial charge in [-0.2, -0.15) is 0 Å². The highest BCUT2D eigenvalue weighted by Crippen LogP contribution is 2.04. The second-order valence-corrected chi connectivity index (χ2v) is 5.22. The Kier molecular flexibility index (Phi) is 12.2. The van der Waals surface area contributed by atoms with Crippen LogP contribution in [0.4, 0.5) is 0 Å². The average molecular weight is 382 g/mol. The fourth-order valence-corrected chi connectivity index (χ4v) is 1.78. The van der Waals surface area contributed by atoms with Gasteiger partial charge >= 0.3 is 5.97 Å². The van der Waals surface area contributed by atoms with Crippen LogP contribution in [0.1, 0.15) is 16.8 Å². The molecule has 1 heterocycles. The van der Waals surface area contributed by atoms with E-state index in [-0.39, 0.29) is 37.4 Å². The Bertz CT molecular complexity index is 563. The number of nitrogens with zero attached hydrogens (tertiary/aromatic N) is 1. The van der Waals surface area contributed by atoms with Gasteiger partial charge in [-0.1, -0.05) is 12.7 Å². The number of hydrogen-bond donors (Lipinski definition) is 2. The van der Waals surface area contributed by atoms with Crippen molar-refractivity contribution < 1.29 is 33.6 Å². The zero-order valence-electron chi connectivity index (χ0n) is 15.2. The van der Waals surface area contributed by atoms with Crippen molar-refractivity contribution in [3.05, 3.63) is 36.5 Å². The minimum absolute atomic E-state index is 0.133. The van der Waals surface area contributed by atoms with Gasteiger partial charge in [0.1, 0.15) is 6.61 Å². The molecule has 1 aromatic heterocycles. The number of aromatic hydroxyl groups is 1. The first-order valence-electron chi connectivity index (χ1n) is 8.56. The summed E-state index contributed by atoms with van der Waals surface area (Å²) in [5.74, 6) is -0.739. The van der Waals surface area contributed by atoms with Gasteiger partial charge < -0.3 is 29.4 Å². The lowest BCUT2D eigenvalue weighted by Crippen LogP contribution is -2.27. The highest BCUT2D eigenvalue weighted by molar-refractivity contribution is 5.93. The second kappa shape index (κ2) is 14.7. The predicted molar refractivity (Wildman–Crippen MR) is 96.5 cm³/mol. The molecule has 0 atom stereocenters. The number of ether oxygens (including phenoxy) is 4. The van der Waals surface area contributed by atoms with Crippen LogP contribution in [-0.4, -0.2) is 74.8 Å². The van der Waals surface area contributed by atoms with Crippen molar-refractivity contribution in [3.8, 4) is 5.88 Å². The maximum atomic E-state index is 11.8. The number of aromatic nitrogens is 1. The molecule has 0 aliphatic carbocycles. The fraction of sp³-hybridized carbons (Fsp3) is 0.500. The second-order valence-electron chi connectivity index (χ2n) is 5.22. The molecule has 27 heavy (non-hydrogen) atoms. The molecule has 0 aromatic carbocycles. The van der Waals surface area contributed by atoms with Crippen LogP contribution in [0.25, 0.3) is 0 Å². The van der Waals surface area contributed by atoms with Gasteiger partial charge in [0.05, 0.1) is 51.6 Å². The number of carbonyl (C=O) groups excluding carboxylic acids is 2. The molecule has 0 radical (unpaired) electrons. The summed E-state index contributed by atoms with van der Waals surface area (Å²) in [5, 5.41) is 11.7. The highest BCUT2D eigenvalue weighted by Gasteiger charge is 2.05. The van der Waals surface area contributed by atoms with E-state index in [4.69, 9.17) is 24.1 Å². The van der Waals surface area contributed by atoms with E-state index >= 15 is 0 Å². The van der Waals surface area contributed by atoms with Crippen molar-refractivity contribution in [2.75, 3.05) is 52.8 Å². The van der Waals surface area contributed by atoms with Crippen LogP contribution in [0.15, 0.2) is 31.0 Å². The molecule has 0 aliphatic rings. The van der Waals surface area contributed by atoms with Gasteiger partial charge in [0.15, 0.2) is 0 Å². The van der Waals surface area contributed by atoms with Gasteiger partial charge in [0.2, 0.25) is 5.88 Å². The topological polar surface area (TPSA) is 116 Å². The normalized spacial score (nSPS) is 10.4. The molecule has 0 saturated carbocycles. The minimum atomic E-state index is -0.321. The standard InChI is InChI=1S/C18H26N2O7/c1-2-7-27-17(22)5-8-24-10-12-26-13-11-25-9-6-19-18(23)15-3-4-16(21)20-14-15/h2-4,14H,1,5-13H2,(H,19,23)(H,20,21). The van der Waals surface area contributed by atoms with Crippen molar-refractivity contribution in [3.63, 3.8) is 0 Å². The first-order chi connectivity index (χ1) is 13.1. The van der Waals surface area contributed by atoms with Crippen molar-refractivity contribution in [2.45, 2.75) is 6.42 Å². The first-order valence-corrected chi connectivity index (χ1v) is 8.56. The summed E-state index contributed by atoms with van der Waals surface area (Å²) in [6.07, 6.45) is 3.00. The summed E-state index contributed by atoms with van der Waals surface area (Å²) in [5.41, 5.74) is 0.366. The van der Waals surface area contributed by atoms with E-state index in [2.05, 4.69) is 16.9 Å². The first kappa shape index (κ1) is 22.6. The van der Waals surface area contributed by atoms with Crippen LogP contribution in [0.5, 0.6) is 5.88 Å². The molecular formula is C18H26N2O7. The third-order valence-electron chi connectivity index (χ3n) is 3.10. The number of amides is 1. The van der Waals surface area contributed by atoms with Crippen molar-refractivity contribution in [1.29, 1.82) is 0 Å². The molecule has 0 spiro atoms. The van der Waals surface area contributed by atoms with Crippen molar-refractivity contribution >= 4 is 11.9 Å². The van der Waals surface area contributed by atoms with E-state index < -0.39 is 0 Å². The van der Waals surface area contributed by atoms with Crippen molar-refractivity contribution in [2.24, 2.45) is 0 Å². The predicted octanol–water partition coefficient (Wildman–Crippen LogP) is 0.686. The number of esters is 1. The summed E-state index contributed by atoms with van der Waals surface area (Å²) in [4.78, 5) is 26.5. The summed E-state index contributed by atoms with van der Waals surface area (Å²) in [7, 11) is 0. The molecule has 9 heteroatoms. The van der Waals surface area contributed by atoms with E-state index in [9.17, 15) is 9.59 Å². The molecule has 0 unspecified atom stereocenters. The molecule has 1 aromatic rings. The van der Waals surface area contributed by atoms with Crippen LogP contribution in [0.3, 0.4) is 0 Å². The summed E-state index contributed by atoms with van der Waals surface area (Å²) in [6.45, 7) is 6.22. The molecule has 0 bridgehead atoms. The molecule has 9 nitrogen and oxygen atoms in total. The molecule has 150 valence electrons. The lowest BCUT2D eigenvalue weighted by molar-refractivity contribution is -0.143. The van der Waals surface area contributed by atoms with Crippen LogP contribution < -0.4 is 5.32 Å². The minimum Gasteiger partial charge on any atom is -0.493 e. The Morgan fingerprint density at radius 1 is 1.07 bits per heavy atom. The fourth-order valence-electron chi connectivity index (χ4n) is 1.78. The van der Waals surface area contributed by atoms with Crippen molar-refractivity contribution in [1.82, 2.24) is 10.3 Å². The molecule has 0 fully saturated rings. The monoisotopic (exact) mass is 382 g/mol. The third-order valence-corrected chi connectivity index (χ3v) is 3.10. The molecule has 2 N–H and O–H groups in total. The van der Waals surface area contributed by atoms with E-state index in [1.54, 1.807) is 0 Å². The Morgan fingerprint density at radius 3 is 2.37 bits per heavy atom. The number of pyridine rings is 1. The Labute approximate surface area is 158 Å². The summed E-state index contributed by atoms with van der Waals surface area (Å²) in [6, 6.07) is 2.83. The van der Waals surface area contributed by atoms with E-state index in [1.165, 1.54) is 24.4 Å². The zero-order valence-corrected chi connectivity index (χ0v) is 15.2. The maximum absolute atomic E-state index is 11.8. The SMILES string of the molecule is C=CCOC(=O)CCOCCOCCOCCNC(=O)c1ccc(O)nc1.